The molecule has 13 heteroatoms. The van der Waals surface area contributed by atoms with Crippen LogP contribution in [0.1, 0.15) is 10.4 Å². The highest BCUT2D eigenvalue weighted by atomic mass is 16.6. The van der Waals surface area contributed by atoms with Gasteiger partial charge in [0.1, 0.15) is 0 Å². The second kappa shape index (κ2) is 10.2. The molecule has 1 aliphatic rings. The first-order valence-corrected chi connectivity index (χ1v) is 10.8. The zero-order valence-electron chi connectivity index (χ0n) is 19.5. The predicted octanol–water partition coefficient (Wildman–Crippen LogP) is 2.94. The van der Waals surface area contributed by atoms with Gasteiger partial charge in [0.2, 0.25) is 0 Å². The fraction of sp³-hybridized carbons (Fsp3) is 0.261. The zero-order chi connectivity index (χ0) is 25.8. The lowest BCUT2D eigenvalue weighted by Gasteiger charge is -2.35. The molecule has 1 amide bonds. The number of piperazine rings is 1. The Bertz CT molecular complexity index is 1270. The first kappa shape index (κ1) is 24.3. The number of hydrogen-bond donors (Lipinski definition) is 0. The lowest BCUT2D eigenvalue weighted by atomic mass is 10.1. The Kier molecular flexibility index (Phi) is 6.90. The number of methoxy groups -OCH3 is 2. The van der Waals surface area contributed by atoms with Gasteiger partial charge >= 0.3 is 0 Å². The Hall–Kier alpha value is -4.81. The molecule has 0 spiro atoms. The van der Waals surface area contributed by atoms with Crippen LogP contribution in [0.5, 0.6) is 11.5 Å². The van der Waals surface area contributed by atoms with Gasteiger partial charge in [-0.05, 0) is 30.3 Å². The lowest BCUT2D eigenvalue weighted by Crippen LogP contribution is -2.49. The number of carbonyl (C=O) groups is 1. The maximum absolute atomic E-state index is 12.9. The second-order valence-electron chi connectivity index (χ2n) is 7.88. The minimum atomic E-state index is -0.758. The molecule has 0 bridgehead atoms. The van der Waals surface area contributed by atoms with Crippen molar-refractivity contribution in [2.45, 2.75) is 0 Å². The van der Waals surface area contributed by atoms with Gasteiger partial charge in [-0.15, -0.1) is 10.2 Å². The fourth-order valence-corrected chi connectivity index (χ4v) is 3.89. The standard InChI is InChI=1S/C23H22N6O7/c1-35-20-5-3-15(13-21(20)36-2)19-4-6-22(25-24-19)26-7-9-27(10-8-26)23(30)16-11-17(28(31)32)14-18(12-16)29(33)34/h3-6,11-14H,7-10H2,1-2H3. The third-order valence-electron chi connectivity index (χ3n) is 5.79. The van der Waals surface area contributed by atoms with E-state index in [4.69, 9.17) is 9.47 Å². The molecule has 1 fully saturated rings. The van der Waals surface area contributed by atoms with Gasteiger partial charge in [0, 0.05) is 43.9 Å². The van der Waals surface area contributed by atoms with Crippen molar-refractivity contribution in [3.05, 3.63) is 74.3 Å². The van der Waals surface area contributed by atoms with Crippen molar-refractivity contribution >= 4 is 23.1 Å². The predicted molar refractivity (Wildman–Crippen MR) is 128 cm³/mol. The van der Waals surface area contributed by atoms with Crippen LogP contribution in [0, 0.1) is 20.2 Å². The van der Waals surface area contributed by atoms with E-state index in [9.17, 15) is 25.0 Å². The van der Waals surface area contributed by atoms with Crippen LogP contribution >= 0.6 is 0 Å². The van der Waals surface area contributed by atoms with Crippen molar-refractivity contribution in [1.82, 2.24) is 15.1 Å². The van der Waals surface area contributed by atoms with E-state index in [0.717, 1.165) is 23.8 Å². The maximum Gasteiger partial charge on any atom is 0.277 e. The third-order valence-corrected chi connectivity index (χ3v) is 5.79. The number of non-ortho nitro benzene ring substituents is 2. The summed E-state index contributed by atoms with van der Waals surface area (Å²) in [7, 11) is 3.12. The molecular formula is C23H22N6O7. The minimum absolute atomic E-state index is 0.0941. The normalized spacial score (nSPS) is 13.3. The summed E-state index contributed by atoms with van der Waals surface area (Å²) >= 11 is 0. The summed E-state index contributed by atoms with van der Waals surface area (Å²) in [5, 5.41) is 30.9. The van der Waals surface area contributed by atoms with Crippen molar-refractivity contribution in [1.29, 1.82) is 0 Å². The number of nitro benzene ring substituents is 2. The van der Waals surface area contributed by atoms with Crippen LogP contribution in [0.2, 0.25) is 0 Å². The van der Waals surface area contributed by atoms with Gasteiger partial charge in [-0.25, -0.2) is 0 Å². The molecule has 0 atom stereocenters. The van der Waals surface area contributed by atoms with Gasteiger partial charge in [-0.2, -0.15) is 0 Å². The number of aromatic nitrogens is 2. The molecular weight excluding hydrogens is 472 g/mol. The molecule has 1 aromatic heterocycles. The van der Waals surface area contributed by atoms with Gasteiger partial charge in [-0.3, -0.25) is 25.0 Å². The molecule has 0 aliphatic carbocycles. The number of anilines is 1. The van der Waals surface area contributed by atoms with E-state index in [1.54, 1.807) is 20.3 Å². The summed E-state index contributed by atoms with van der Waals surface area (Å²) in [5.74, 6) is 1.32. The van der Waals surface area contributed by atoms with Crippen LogP contribution in [0.25, 0.3) is 11.3 Å². The van der Waals surface area contributed by atoms with Crippen LogP contribution in [0.3, 0.4) is 0 Å². The highest BCUT2D eigenvalue weighted by Gasteiger charge is 2.26. The molecule has 2 heterocycles. The Morgan fingerprint density at radius 2 is 1.47 bits per heavy atom. The number of benzene rings is 2. The summed E-state index contributed by atoms with van der Waals surface area (Å²) in [6, 6.07) is 12.1. The van der Waals surface area contributed by atoms with Crippen molar-refractivity contribution < 1.29 is 24.1 Å². The Balaban J connectivity index is 1.44. The summed E-state index contributed by atoms with van der Waals surface area (Å²) in [4.78, 5) is 37.1. The zero-order valence-corrected chi connectivity index (χ0v) is 19.5. The highest BCUT2D eigenvalue weighted by molar-refractivity contribution is 5.95. The van der Waals surface area contributed by atoms with Crippen LogP contribution < -0.4 is 14.4 Å². The molecule has 3 aromatic rings. The van der Waals surface area contributed by atoms with Crippen molar-refractivity contribution in [3.8, 4) is 22.8 Å². The van der Waals surface area contributed by atoms with E-state index in [0.29, 0.717) is 49.2 Å². The molecule has 36 heavy (non-hydrogen) atoms. The highest BCUT2D eigenvalue weighted by Crippen LogP contribution is 2.32. The van der Waals surface area contributed by atoms with Crippen LogP contribution in [0.4, 0.5) is 17.2 Å². The number of carbonyl (C=O) groups excluding carboxylic acids is 1. The minimum Gasteiger partial charge on any atom is -0.493 e. The van der Waals surface area contributed by atoms with E-state index in [-0.39, 0.29) is 5.56 Å². The number of hydrogen-bond acceptors (Lipinski definition) is 10. The summed E-state index contributed by atoms with van der Waals surface area (Å²) in [6.07, 6.45) is 0. The monoisotopic (exact) mass is 494 g/mol. The maximum atomic E-state index is 12.9. The Morgan fingerprint density at radius 1 is 0.833 bits per heavy atom. The molecule has 0 unspecified atom stereocenters. The van der Waals surface area contributed by atoms with Gasteiger partial charge in [0.25, 0.3) is 17.3 Å². The fourth-order valence-electron chi connectivity index (χ4n) is 3.89. The summed E-state index contributed by atoms with van der Waals surface area (Å²) < 4.78 is 10.6. The van der Waals surface area contributed by atoms with E-state index in [2.05, 4.69) is 10.2 Å². The number of nitro groups is 2. The molecule has 0 radical (unpaired) electrons. The van der Waals surface area contributed by atoms with Gasteiger partial charge in [0.05, 0.1) is 41.4 Å². The average Bonchev–Trinajstić information content (AvgIpc) is 2.92. The van der Waals surface area contributed by atoms with Crippen LogP contribution in [-0.2, 0) is 0 Å². The van der Waals surface area contributed by atoms with E-state index in [1.807, 2.05) is 29.2 Å². The molecule has 0 N–H and O–H groups in total. The Labute approximate surface area is 205 Å². The largest absolute Gasteiger partial charge is 0.493 e. The molecule has 2 aromatic carbocycles. The smallest absolute Gasteiger partial charge is 0.277 e. The number of nitrogens with zero attached hydrogens (tertiary/aromatic N) is 6. The van der Waals surface area contributed by atoms with E-state index >= 15 is 0 Å². The number of amides is 1. The molecule has 186 valence electrons. The molecule has 0 saturated carbocycles. The van der Waals surface area contributed by atoms with E-state index < -0.39 is 27.1 Å². The molecule has 13 nitrogen and oxygen atoms in total. The molecule has 1 saturated heterocycles. The van der Waals surface area contributed by atoms with Crippen LogP contribution in [0.15, 0.2) is 48.5 Å². The van der Waals surface area contributed by atoms with E-state index in [1.165, 1.54) is 4.90 Å². The van der Waals surface area contributed by atoms with Crippen molar-refractivity contribution in [2.75, 3.05) is 45.3 Å². The number of rotatable bonds is 7. The third kappa shape index (κ3) is 4.99. The van der Waals surface area contributed by atoms with Gasteiger partial charge in [0.15, 0.2) is 17.3 Å². The molecule has 4 rings (SSSR count). The van der Waals surface area contributed by atoms with Crippen LogP contribution in [-0.4, -0.2) is 71.2 Å². The first-order chi connectivity index (χ1) is 17.3. The second-order valence-corrected chi connectivity index (χ2v) is 7.88. The van der Waals surface area contributed by atoms with Gasteiger partial charge < -0.3 is 19.3 Å². The Morgan fingerprint density at radius 3 is 2.00 bits per heavy atom. The lowest BCUT2D eigenvalue weighted by molar-refractivity contribution is -0.394. The molecule has 1 aliphatic heterocycles. The van der Waals surface area contributed by atoms with Crippen molar-refractivity contribution in [2.24, 2.45) is 0 Å². The topological polar surface area (TPSA) is 154 Å². The first-order valence-electron chi connectivity index (χ1n) is 10.8. The quantitative estimate of drug-likeness (QED) is 0.354. The average molecular weight is 494 g/mol. The van der Waals surface area contributed by atoms with Gasteiger partial charge in [-0.1, -0.05) is 0 Å². The summed E-state index contributed by atoms with van der Waals surface area (Å²) in [5.41, 5.74) is 0.365. The summed E-state index contributed by atoms with van der Waals surface area (Å²) in [6.45, 7) is 1.53. The SMILES string of the molecule is COc1ccc(-c2ccc(N3CCN(C(=O)c4cc([N+](=O)[O-])cc([N+](=O)[O-])c4)CC3)nn2)cc1OC. The van der Waals surface area contributed by atoms with Crippen molar-refractivity contribution in [3.63, 3.8) is 0 Å². The number of ether oxygens (including phenoxy) is 2.